The molecular weight excluding hydrogens is 156 g/mol. The van der Waals surface area contributed by atoms with E-state index < -0.39 is 5.97 Å². The van der Waals surface area contributed by atoms with E-state index in [1.54, 1.807) is 6.92 Å². The van der Waals surface area contributed by atoms with E-state index in [0.717, 1.165) is 12.8 Å². The van der Waals surface area contributed by atoms with Crippen LogP contribution in [0.2, 0.25) is 0 Å². The Hall–Kier alpha value is -0.830. The molecule has 0 rings (SSSR count). The molecule has 12 heavy (non-hydrogen) atoms. The molecule has 3 heteroatoms. The summed E-state index contributed by atoms with van der Waals surface area (Å²) in [7, 11) is 0. The molecule has 0 spiro atoms. The zero-order valence-electron chi connectivity index (χ0n) is 7.45. The molecule has 1 atom stereocenters. The highest BCUT2D eigenvalue weighted by molar-refractivity contribution is 5.67. The molecule has 0 fully saturated rings. The zero-order chi connectivity index (χ0) is 9.40. The van der Waals surface area contributed by atoms with E-state index in [2.05, 4.69) is 6.58 Å². The zero-order valence-corrected chi connectivity index (χ0v) is 7.45. The molecule has 0 aromatic heterocycles. The normalized spacial score (nSPS) is 12.4. The van der Waals surface area contributed by atoms with Gasteiger partial charge in [0, 0.05) is 6.61 Å². The Labute approximate surface area is 73.0 Å². The summed E-state index contributed by atoms with van der Waals surface area (Å²) >= 11 is 0. The van der Waals surface area contributed by atoms with Crippen molar-refractivity contribution in [1.82, 2.24) is 0 Å². The minimum atomic E-state index is -0.814. The van der Waals surface area contributed by atoms with Crippen LogP contribution in [-0.4, -0.2) is 23.8 Å². The van der Waals surface area contributed by atoms with E-state index in [1.807, 2.05) is 6.08 Å². The first-order valence-corrected chi connectivity index (χ1v) is 4.11. The lowest BCUT2D eigenvalue weighted by Crippen LogP contribution is -2.14. The van der Waals surface area contributed by atoms with Crippen molar-refractivity contribution in [1.29, 1.82) is 0 Å². The van der Waals surface area contributed by atoms with Gasteiger partial charge in [-0.3, -0.25) is 4.79 Å². The molecule has 1 N–H and O–H groups in total. The maximum absolute atomic E-state index is 10.2. The Bertz CT molecular complexity index is 143. The van der Waals surface area contributed by atoms with Crippen molar-refractivity contribution in [2.45, 2.75) is 32.3 Å². The summed E-state index contributed by atoms with van der Waals surface area (Å²) in [6.07, 6.45) is 3.54. The van der Waals surface area contributed by atoms with Crippen molar-refractivity contribution in [3.8, 4) is 0 Å². The number of hydrogen-bond donors (Lipinski definition) is 1. The number of allylic oxidation sites excluding steroid dienone is 1. The number of carboxylic acid groups (broad SMARTS) is 1. The SMILES string of the molecule is C=CCCCO[C@@H](C)CC(=O)O. The first-order valence-electron chi connectivity index (χ1n) is 4.11. The van der Waals surface area contributed by atoms with E-state index in [1.165, 1.54) is 0 Å². The van der Waals surface area contributed by atoms with Crippen LogP contribution in [0.5, 0.6) is 0 Å². The van der Waals surface area contributed by atoms with Crippen molar-refractivity contribution in [2.24, 2.45) is 0 Å². The van der Waals surface area contributed by atoms with Gasteiger partial charge in [0.25, 0.3) is 0 Å². The van der Waals surface area contributed by atoms with Gasteiger partial charge in [-0.05, 0) is 19.8 Å². The van der Waals surface area contributed by atoms with Gasteiger partial charge in [0.2, 0.25) is 0 Å². The lowest BCUT2D eigenvalue weighted by molar-refractivity contribution is -0.139. The molecule has 0 aromatic carbocycles. The molecule has 0 bridgehead atoms. The summed E-state index contributed by atoms with van der Waals surface area (Å²) in [5.74, 6) is -0.814. The molecule has 0 saturated carbocycles. The fourth-order valence-corrected chi connectivity index (χ4v) is 0.817. The predicted octanol–water partition coefficient (Wildman–Crippen LogP) is 1.83. The molecule has 70 valence electrons. The molecule has 0 radical (unpaired) electrons. The molecule has 0 heterocycles. The van der Waals surface area contributed by atoms with Gasteiger partial charge in [0.1, 0.15) is 0 Å². The molecule has 0 aliphatic heterocycles. The molecule has 0 aliphatic carbocycles. The van der Waals surface area contributed by atoms with Gasteiger partial charge in [0.15, 0.2) is 0 Å². The number of rotatable bonds is 7. The van der Waals surface area contributed by atoms with Crippen molar-refractivity contribution < 1.29 is 14.6 Å². The number of hydrogen-bond acceptors (Lipinski definition) is 2. The third-order valence-electron chi connectivity index (χ3n) is 1.42. The Morgan fingerprint density at radius 3 is 2.92 bits per heavy atom. The van der Waals surface area contributed by atoms with Crippen LogP contribution in [0.15, 0.2) is 12.7 Å². The van der Waals surface area contributed by atoms with Gasteiger partial charge >= 0.3 is 5.97 Å². The lowest BCUT2D eigenvalue weighted by Gasteiger charge is -2.09. The third-order valence-corrected chi connectivity index (χ3v) is 1.42. The highest BCUT2D eigenvalue weighted by Gasteiger charge is 2.06. The monoisotopic (exact) mass is 172 g/mol. The number of unbranched alkanes of at least 4 members (excludes halogenated alkanes) is 1. The summed E-state index contributed by atoms with van der Waals surface area (Å²) in [6.45, 7) is 5.95. The number of aliphatic carboxylic acids is 1. The molecular formula is C9H16O3. The van der Waals surface area contributed by atoms with Crippen molar-refractivity contribution >= 4 is 5.97 Å². The van der Waals surface area contributed by atoms with E-state index in [-0.39, 0.29) is 12.5 Å². The van der Waals surface area contributed by atoms with Crippen LogP contribution in [0.4, 0.5) is 0 Å². The molecule has 0 amide bonds. The second kappa shape index (κ2) is 6.85. The summed E-state index contributed by atoms with van der Waals surface area (Å²) in [5, 5.41) is 8.39. The van der Waals surface area contributed by atoms with Crippen molar-refractivity contribution in [3.63, 3.8) is 0 Å². The van der Waals surface area contributed by atoms with Crippen LogP contribution < -0.4 is 0 Å². The number of carboxylic acids is 1. The van der Waals surface area contributed by atoms with Crippen LogP contribution in [0.3, 0.4) is 0 Å². The summed E-state index contributed by atoms with van der Waals surface area (Å²) in [4.78, 5) is 10.2. The lowest BCUT2D eigenvalue weighted by atomic mass is 10.3. The van der Waals surface area contributed by atoms with Gasteiger partial charge in [-0.1, -0.05) is 6.08 Å². The Kier molecular flexibility index (Phi) is 6.38. The minimum Gasteiger partial charge on any atom is -0.481 e. The molecule has 0 unspecified atom stereocenters. The van der Waals surface area contributed by atoms with E-state index in [0.29, 0.717) is 6.61 Å². The summed E-state index contributed by atoms with van der Waals surface area (Å²) < 4.78 is 5.23. The minimum absolute atomic E-state index is 0.0775. The first kappa shape index (κ1) is 11.2. The van der Waals surface area contributed by atoms with Gasteiger partial charge in [-0.15, -0.1) is 6.58 Å². The second-order valence-electron chi connectivity index (χ2n) is 2.71. The van der Waals surface area contributed by atoms with Crippen LogP contribution in [0.1, 0.15) is 26.2 Å². The Morgan fingerprint density at radius 2 is 2.42 bits per heavy atom. The van der Waals surface area contributed by atoms with E-state index in [9.17, 15) is 4.79 Å². The molecule has 0 aromatic rings. The Balaban J connectivity index is 3.24. The van der Waals surface area contributed by atoms with Crippen LogP contribution in [-0.2, 0) is 9.53 Å². The molecule has 0 aliphatic rings. The average molecular weight is 172 g/mol. The fraction of sp³-hybridized carbons (Fsp3) is 0.667. The van der Waals surface area contributed by atoms with Crippen LogP contribution in [0.25, 0.3) is 0 Å². The summed E-state index contributed by atoms with van der Waals surface area (Å²) in [6, 6.07) is 0. The second-order valence-corrected chi connectivity index (χ2v) is 2.71. The molecule has 3 nitrogen and oxygen atoms in total. The largest absolute Gasteiger partial charge is 0.481 e. The fourth-order valence-electron chi connectivity index (χ4n) is 0.817. The van der Waals surface area contributed by atoms with Crippen LogP contribution >= 0.6 is 0 Å². The van der Waals surface area contributed by atoms with Gasteiger partial charge in [-0.2, -0.15) is 0 Å². The first-order chi connectivity index (χ1) is 5.66. The van der Waals surface area contributed by atoms with Gasteiger partial charge < -0.3 is 9.84 Å². The highest BCUT2D eigenvalue weighted by atomic mass is 16.5. The quantitative estimate of drug-likeness (QED) is 0.470. The average Bonchev–Trinajstić information content (AvgIpc) is 1.97. The summed E-state index contributed by atoms with van der Waals surface area (Å²) in [5.41, 5.74) is 0. The maximum Gasteiger partial charge on any atom is 0.305 e. The van der Waals surface area contributed by atoms with Crippen molar-refractivity contribution in [2.75, 3.05) is 6.61 Å². The number of carbonyl (C=O) groups is 1. The predicted molar refractivity (Wildman–Crippen MR) is 47.1 cm³/mol. The third kappa shape index (κ3) is 7.28. The van der Waals surface area contributed by atoms with E-state index >= 15 is 0 Å². The topological polar surface area (TPSA) is 46.5 Å². The maximum atomic E-state index is 10.2. The highest BCUT2D eigenvalue weighted by Crippen LogP contribution is 1.99. The number of ether oxygens (including phenoxy) is 1. The van der Waals surface area contributed by atoms with Gasteiger partial charge in [-0.25, -0.2) is 0 Å². The van der Waals surface area contributed by atoms with Gasteiger partial charge in [0.05, 0.1) is 12.5 Å². The van der Waals surface area contributed by atoms with Crippen LogP contribution in [0, 0.1) is 0 Å². The smallest absolute Gasteiger partial charge is 0.305 e. The molecule has 0 saturated heterocycles. The Morgan fingerprint density at radius 1 is 1.75 bits per heavy atom. The van der Waals surface area contributed by atoms with Crippen molar-refractivity contribution in [3.05, 3.63) is 12.7 Å². The standard InChI is InChI=1S/C9H16O3/c1-3-4-5-6-12-8(2)7-9(10)11/h3,8H,1,4-7H2,2H3,(H,10,11)/t8-/m0/s1. The van der Waals surface area contributed by atoms with E-state index in [4.69, 9.17) is 9.84 Å².